The number of ether oxygens (including phenoxy) is 2. The Morgan fingerprint density at radius 3 is 2.59 bits per heavy atom. The zero-order valence-electron chi connectivity index (χ0n) is 15.5. The molecule has 1 heterocycles. The molecule has 0 aliphatic carbocycles. The van der Waals surface area contributed by atoms with Gasteiger partial charge in [0.15, 0.2) is 0 Å². The van der Waals surface area contributed by atoms with Crippen LogP contribution in [0.5, 0.6) is 5.75 Å². The van der Waals surface area contributed by atoms with Gasteiger partial charge in [0.1, 0.15) is 11.6 Å². The first-order chi connectivity index (χ1) is 13.2. The average Bonchev–Trinajstić information content (AvgIpc) is 2.71. The van der Waals surface area contributed by atoms with Crippen LogP contribution in [0.4, 0.5) is 4.39 Å². The Morgan fingerprint density at radius 1 is 1.19 bits per heavy atom. The summed E-state index contributed by atoms with van der Waals surface area (Å²) in [5.41, 5.74) is 1.83. The molecule has 3 rings (SSSR count). The van der Waals surface area contributed by atoms with Gasteiger partial charge >= 0.3 is 0 Å². The molecule has 0 bridgehead atoms. The molecular formula is C21H25FN2O3. The van der Waals surface area contributed by atoms with Crippen LogP contribution in [-0.2, 0) is 16.0 Å². The van der Waals surface area contributed by atoms with Crippen molar-refractivity contribution < 1.29 is 18.7 Å². The summed E-state index contributed by atoms with van der Waals surface area (Å²) in [5, 5.41) is 3.02. The van der Waals surface area contributed by atoms with Crippen LogP contribution >= 0.6 is 0 Å². The SMILES string of the molecule is COc1ccccc1C(CNC(=O)Cc1ccc(F)cc1)N1CCOCC1. The first kappa shape index (κ1) is 19.3. The summed E-state index contributed by atoms with van der Waals surface area (Å²) in [6, 6.07) is 13.9. The van der Waals surface area contributed by atoms with Crippen LogP contribution in [0.3, 0.4) is 0 Å². The Balaban J connectivity index is 1.69. The number of nitrogens with zero attached hydrogens (tertiary/aromatic N) is 1. The Morgan fingerprint density at radius 2 is 1.89 bits per heavy atom. The third-order valence-electron chi connectivity index (χ3n) is 4.75. The lowest BCUT2D eigenvalue weighted by Crippen LogP contribution is -2.44. The van der Waals surface area contributed by atoms with Gasteiger partial charge in [0.05, 0.1) is 32.8 Å². The van der Waals surface area contributed by atoms with E-state index >= 15 is 0 Å². The van der Waals surface area contributed by atoms with Crippen LogP contribution in [0, 0.1) is 5.82 Å². The molecule has 0 saturated carbocycles. The minimum absolute atomic E-state index is 0.00205. The highest BCUT2D eigenvalue weighted by molar-refractivity contribution is 5.78. The van der Waals surface area contributed by atoms with Crippen LogP contribution in [0.1, 0.15) is 17.2 Å². The van der Waals surface area contributed by atoms with E-state index in [2.05, 4.69) is 10.2 Å². The van der Waals surface area contributed by atoms with E-state index in [1.54, 1.807) is 19.2 Å². The number of para-hydroxylation sites is 1. The van der Waals surface area contributed by atoms with Crippen molar-refractivity contribution in [3.8, 4) is 5.75 Å². The van der Waals surface area contributed by atoms with E-state index < -0.39 is 0 Å². The molecule has 2 aromatic rings. The Hall–Kier alpha value is -2.44. The fourth-order valence-electron chi connectivity index (χ4n) is 3.33. The number of nitrogens with one attached hydrogen (secondary N) is 1. The van der Waals surface area contributed by atoms with Crippen molar-refractivity contribution in [3.05, 3.63) is 65.5 Å². The van der Waals surface area contributed by atoms with Crippen molar-refractivity contribution in [3.63, 3.8) is 0 Å². The number of methoxy groups -OCH3 is 1. The zero-order chi connectivity index (χ0) is 19.1. The molecule has 1 N–H and O–H groups in total. The van der Waals surface area contributed by atoms with E-state index in [9.17, 15) is 9.18 Å². The number of hydrogen-bond acceptors (Lipinski definition) is 4. The lowest BCUT2D eigenvalue weighted by Gasteiger charge is -2.35. The Kier molecular flexibility index (Phi) is 6.79. The minimum atomic E-state index is -0.303. The molecule has 1 atom stereocenters. The van der Waals surface area contributed by atoms with E-state index in [0.29, 0.717) is 19.8 Å². The maximum absolute atomic E-state index is 13.0. The zero-order valence-corrected chi connectivity index (χ0v) is 15.5. The van der Waals surface area contributed by atoms with E-state index in [0.717, 1.165) is 30.0 Å². The summed E-state index contributed by atoms with van der Waals surface area (Å²) in [6.07, 6.45) is 0.224. The highest BCUT2D eigenvalue weighted by Crippen LogP contribution is 2.29. The predicted molar refractivity (Wildman–Crippen MR) is 101 cm³/mol. The van der Waals surface area contributed by atoms with Crippen molar-refractivity contribution in [2.45, 2.75) is 12.5 Å². The average molecular weight is 372 g/mol. The molecule has 1 aliphatic heterocycles. The second-order valence-corrected chi connectivity index (χ2v) is 6.51. The molecule has 1 fully saturated rings. The van der Waals surface area contributed by atoms with Gasteiger partial charge in [-0.2, -0.15) is 0 Å². The fourth-order valence-corrected chi connectivity index (χ4v) is 3.33. The Labute approximate surface area is 159 Å². The van der Waals surface area contributed by atoms with Gasteiger partial charge in [-0.05, 0) is 23.8 Å². The van der Waals surface area contributed by atoms with Crippen molar-refractivity contribution in [2.75, 3.05) is 40.0 Å². The molecule has 6 heteroatoms. The van der Waals surface area contributed by atoms with Crippen molar-refractivity contribution in [1.29, 1.82) is 0 Å². The normalized spacial score (nSPS) is 15.9. The van der Waals surface area contributed by atoms with Gasteiger partial charge < -0.3 is 14.8 Å². The maximum Gasteiger partial charge on any atom is 0.224 e. The second-order valence-electron chi connectivity index (χ2n) is 6.51. The van der Waals surface area contributed by atoms with Crippen LogP contribution in [0.25, 0.3) is 0 Å². The highest BCUT2D eigenvalue weighted by Gasteiger charge is 2.25. The van der Waals surface area contributed by atoms with E-state index in [-0.39, 0.29) is 24.2 Å². The molecular weight excluding hydrogens is 347 g/mol. The van der Waals surface area contributed by atoms with Crippen LogP contribution < -0.4 is 10.1 Å². The number of rotatable bonds is 7. The number of morpholine rings is 1. The predicted octanol–water partition coefficient (Wildman–Crippen LogP) is 2.57. The monoisotopic (exact) mass is 372 g/mol. The molecule has 0 radical (unpaired) electrons. The van der Waals surface area contributed by atoms with Crippen molar-refractivity contribution in [1.82, 2.24) is 10.2 Å². The molecule has 144 valence electrons. The quantitative estimate of drug-likeness (QED) is 0.812. The van der Waals surface area contributed by atoms with Crippen molar-refractivity contribution in [2.24, 2.45) is 0 Å². The third-order valence-corrected chi connectivity index (χ3v) is 4.75. The first-order valence-electron chi connectivity index (χ1n) is 9.13. The maximum atomic E-state index is 13.0. The summed E-state index contributed by atoms with van der Waals surface area (Å²) < 4.78 is 24.0. The summed E-state index contributed by atoms with van der Waals surface area (Å²) >= 11 is 0. The number of hydrogen-bond donors (Lipinski definition) is 1. The van der Waals surface area contributed by atoms with Crippen molar-refractivity contribution >= 4 is 5.91 Å². The standard InChI is InChI=1S/C21H25FN2O3/c1-26-20-5-3-2-4-18(20)19(24-10-12-27-13-11-24)15-23-21(25)14-16-6-8-17(22)9-7-16/h2-9,19H,10-15H2,1H3,(H,23,25). The molecule has 1 amide bonds. The molecule has 0 aromatic heterocycles. The smallest absolute Gasteiger partial charge is 0.224 e. The summed E-state index contributed by atoms with van der Waals surface area (Å²) in [4.78, 5) is 14.7. The second kappa shape index (κ2) is 9.48. The highest BCUT2D eigenvalue weighted by atomic mass is 19.1. The minimum Gasteiger partial charge on any atom is -0.496 e. The van der Waals surface area contributed by atoms with Gasteiger partial charge in [0.2, 0.25) is 5.91 Å². The lowest BCUT2D eigenvalue weighted by molar-refractivity contribution is -0.120. The summed E-state index contributed by atoms with van der Waals surface area (Å²) in [7, 11) is 1.66. The molecule has 2 aromatic carbocycles. The molecule has 1 saturated heterocycles. The molecule has 5 nitrogen and oxygen atoms in total. The topological polar surface area (TPSA) is 50.8 Å². The molecule has 1 unspecified atom stereocenters. The van der Waals surface area contributed by atoms with Gasteiger partial charge in [0.25, 0.3) is 0 Å². The number of halogens is 1. The van der Waals surface area contributed by atoms with Gasteiger partial charge in [-0.15, -0.1) is 0 Å². The van der Waals surface area contributed by atoms with E-state index in [1.807, 2.05) is 24.3 Å². The molecule has 0 spiro atoms. The first-order valence-corrected chi connectivity index (χ1v) is 9.13. The number of benzene rings is 2. The third kappa shape index (κ3) is 5.28. The molecule has 27 heavy (non-hydrogen) atoms. The molecule has 1 aliphatic rings. The number of carbonyl (C=O) groups is 1. The number of amides is 1. The largest absolute Gasteiger partial charge is 0.496 e. The van der Waals surface area contributed by atoms with Gasteiger partial charge in [0, 0.05) is 25.2 Å². The van der Waals surface area contributed by atoms with Gasteiger partial charge in [-0.1, -0.05) is 30.3 Å². The summed E-state index contributed by atoms with van der Waals surface area (Å²) in [6.45, 7) is 3.43. The fraction of sp³-hybridized carbons (Fsp3) is 0.381. The van der Waals surface area contributed by atoms with Gasteiger partial charge in [-0.3, -0.25) is 9.69 Å². The number of carbonyl (C=O) groups excluding carboxylic acids is 1. The van der Waals surface area contributed by atoms with Crippen LogP contribution in [-0.4, -0.2) is 50.8 Å². The van der Waals surface area contributed by atoms with E-state index in [4.69, 9.17) is 9.47 Å². The summed E-state index contributed by atoms with van der Waals surface area (Å²) in [5.74, 6) is 0.416. The Bertz CT molecular complexity index is 745. The van der Waals surface area contributed by atoms with E-state index in [1.165, 1.54) is 12.1 Å². The lowest BCUT2D eigenvalue weighted by atomic mass is 10.0. The van der Waals surface area contributed by atoms with Crippen LogP contribution in [0.2, 0.25) is 0 Å². The van der Waals surface area contributed by atoms with Gasteiger partial charge in [-0.25, -0.2) is 4.39 Å². The van der Waals surface area contributed by atoms with Crippen LogP contribution in [0.15, 0.2) is 48.5 Å².